The second kappa shape index (κ2) is 4.18. The first kappa shape index (κ1) is 8.33. The van der Waals surface area contributed by atoms with E-state index in [1.54, 1.807) is 18.5 Å². The molecule has 0 aliphatic carbocycles. The average Bonchev–Trinajstić information content (AvgIpc) is 2.15. The number of nitrogens with one attached hydrogen (secondary N) is 1. The highest BCUT2D eigenvalue weighted by Gasteiger charge is 1.96. The number of nitrogens with zero attached hydrogens (tertiary/aromatic N) is 2. The van der Waals surface area contributed by atoms with Gasteiger partial charge in [0.1, 0.15) is 0 Å². The fourth-order valence-corrected chi connectivity index (χ4v) is 0.808. The Labute approximate surface area is 71.0 Å². The molecule has 60 valence electrons. The van der Waals surface area contributed by atoms with Crippen molar-refractivity contribution in [2.75, 3.05) is 0 Å². The summed E-state index contributed by atoms with van der Waals surface area (Å²) in [7, 11) is 0. The zero-order valence-corrected chi connectivity index (χ0v) is 6.57. The van der Waals surface area contributed by atoms with Crippen LogP contribution in [0.25, 0.3) is 0 Å². The van der Waals surface area contributed by atoms with Crippen molar-refractivity contribution in [3.63, 3.8) is 0 Å². The molecule has 3 nitrogen and oxygen atoms in total. The van der Waals surface area contributed by atoms with E-state index in [9.17, 15) is 0 Å². The summed E-state index contributed by atoms with van der Waals surface area (Å²) in [5.41, 5.74) is 1.39. The quantitative estimate of drug-likeness (QED) is 0.670. The van der Waals surface area contributed by atoms with Gasteiger partial charge in [-0.15, -0.1) is 0 Å². The molecule has 1 aromatic heterocycles. The Morgan fingerprint density at radius 1 is 1.67 bits per heavy atom. The first-order valence-corrected chi connectivity index (χ1v) is 3.48. The summed E-state index contributed by atoms with van der Waals surface area (Å²) in [6, 6.07) is 3.65. The minimum atomic E-state index is 0.568. The van der Waals surface area contributed by atoms with Gasteiger partial charge in [-0.05, 0) is 12.1 Å². The van der Waals surface area contributed by atoms with Crippen molar-refractivity contribution in [2.24, 2.45) is 4.99 Å². The van der Waals surface area contributed by atoms with Crippen LogP contribution in [0.15, 0.2) is 42.3 Å². The summed E-state index contributed by atoms with van der Waals surface area (Å²) in [6.45, 7) is 3.46. The van der Waals surface area contributed by atoms with Crippen molar-refractivity contribution in [1.29, 1.82) is 5.41 Å². The lowest BCUT2D eigenvalue weighted by atomic mass is 10.2. The number of aromatic nitrogens is 1. The van der Waals surface area contributed by atoms with Gasteiger partial charge in [0, 0.05) is 30.4 Å². The summed E-state index contributed by atoms with van der Waals surface area (Å²) in [4.78, 5) is 7.83. The molecule has 0 amide bonds. The first-order valence-electron chi connectivity index (χ1n) is 3.48. The van der Waals surface area contributed by atoms with Crippen LogP contribution in [0.1, 0.15) is 5.56 Å². The predicted molar refractivity (Wildman–Crippen MR) is 49.8 cm³/mol. The summed E-state index contributed by atoms with van der Waals surface area (Å²) < 4.78 is 0. The van der Waals surface area contributed by atoms with Crippen molar-refractivity contribution in [1.82, 2.24) is 4.98 Å². The third-order valence-corrected chi connectivity index (χ3v) is 1.32. The van der Waals surface area contributed by atoms with Crippen molar-refractivity contribution in [2.45, 2.75) is 0 Å². The molecular weight excluding hydrogens is 150 g/mol. The molecule has 0 saturated heterocycles. The monoisotopic (exact) mass is 159 g/mol. The molecule has 0 aromatic carbocycles. The lowest BCUT2D eigenvalue weighted by Crippen LogP contribution is -2.00. The van der Waals surface area contributed by atoms with Gasteiger partial charge in [-0.2, -0.15) is 0 Å². The molecule has 1 rings (SSSR count). The van der Waals surface area contributed by atoms with Crippen molar-refractivity contribution < 1.29 is 0 Å². The first-order chi connectivity index (χ1) is 5.88. The molecule has 0 fully saturated rings. The average molecular weight is 159 g/mol. The minimum Gasteiger partial charge on any atom is -0.306 e. The third kappa shape index (κ3) is 1.85. The molecule has 0 radical (unpaired) electrons. The van der Waals surface area contributed by atoms with Gasteiger partial charge in [-0.1, -0.05) is 6.58 Å². The smallest absolute Gasteiger partial charge is 0.0892 e. The number of hydrogen-bond donors (Lipinski definition) is 1. The highest BCUT2D eigenvalue weighted by atomic mass is 14.7. The zero-order chi connectivity index (χ0) is 8.81. The van der Waals surface area contributed by atoms with Gasteiger partial charge >= 0.3 is 0 Å². The third-order valence-electron chi connectivity index (χ3n) is 1.32. The molecule has 0 aliphatic rings. The van der Waals surface area contributed by atoms with E-state index in [2.05, 4.69) is 16.6 Å². The molecule has 1 heterocycles. The molecule has 0 aliphatic heterocycles. The van der Waals surface area contributed by atoms with E-state index in [1.165, 1.54) is 12.4 Å². The van der Waals surface area contributed by atoms with Gasteiger partial charge in [-0.25, -0.2) is 0 Å². The SMILES string of the molecule is C=CN=C(C=N)c1cccnc1. The molecule has 3 heteroatoms. The Morgan fingerprint density at radius 3 is 3.00 bits per heavy atom. The van der Waals surface area contributed by atoms with Gasteiger partial charge in [0.15, 0.2) is 0 Å². The molecule has 0 saturated carbocycles. The maximum Gasteiger partial charge on any atom is 0.0892 e. The topological polar surface area (TPSA) is 49.1 Å². The van der Waals surface area contributed by atoms with Crippen molar-refractivity contribution in [3.8, 4) is 0 Å². The molecule has 0 spiro atoms. The second-order valence-corrected chi connectivity index (χ2v) is 2.08. The van der Waals surface area contributed by atoms with Crippen LogP contribution in [-0.2, 0) is 0 Å². The normalized spacial score (nSPS) is 10.8. The molecule has 1 N–H and O–H groups in total. The lowest BCUT2D eigenvalue weighted by molar-refractivity contribution is 1.32. The summed E-state index contributed by atoms with van der Waals surface area (Å²) in [6.07, 6.45) is 5.93. The van der Waals surface area contributed by atoms with Gasteiger partial charge < -0.3 is 5.41 Å². The van der Waals surface area contributed by atoms with Crippen LogP contribution in [0.5, 0.6) is 0 Å². The standard InChI is InChI=1S/C9H9N3/c1-2-12-9(6-10)8-4-3-5-11-7-8/h2-7,10H,1H2. The Balaban J connectivity index is 3.03. The zero-order valence-electron chi connectivity index (χ0n) is 6.57. The molecule has 0 unspecified atom stereocenters. The van der Waals surface area contributed by atoms with E-state index in [0.717, 1.165) is 5.56 Å². The lowest BCUT2D eigenvalue weighted by Gasteiger charge is -1.95. The van der Waals surface area contributed by atoms with Gasteiger partial charge in [0.2, 0.25) is 0 Å². The van der Waals surface area contributed by atoms with E-state index in [-0.39, 0.29) is 0 Å². The van der Waals surface area contributed by atoms with Crippen LogP contribution in [-0.4, -0.2) is 16.9 Å². The summed E-state index contributed by atoms with van der Waals surface area (Å²) in [5.74, 6) is 0. The second-order valence-electron chi connectivity index (χ2n) is 2.08. The number of aliphatic imine (C=N–C) groups is 1. The largest absolute Gasteiger partial charge is 0.306 e. The van der Waals surface area contributed by atoms with Crippen molar-refractivity contribution in [3.05, 3.63) is 42.9 Å². The fourth-order valence-electron chi connectivity index (χ4n) is 0.808. The molecular formula is C9H9N3. The Morgan fingerprint density at radius 2 is 2.50 bits per heavy atom. The predicted octanol–water partition coefficient (Wildman–Crippen LogP) is 1.66. The van der Waals surface area contributed by atoms with Crippen molar-refractivity contribution >= 4 is 11.9 Å². The van der Waals surface area contributed by atoms with E-state index in [4.69, 9.17) is 5.41 Å². The highest BCUT2D eigenvalue weighted by Crippen LogP contribution is 1.97. The van der Waals surface area contributed by atoms with Crippen LogP contribution in [0, 0.1) is 5.41 Å². The Hall–Kier alpha value is -1.77. The fraction of sp³-hybridized carbons (Fsp3) is 0. The Bertz CT molecular complexity index is 301. The van der Waals surface area contributed by atoms with Crippen LogP contribution in [0.4, 0.5) is 0 Å². The van der Waals surface area contributed by atoms with Gasteiger partial charge in [0.05, 0.1) is 5.71 Å². The van der Waals surface area contributed by atoms with E-state index < -0.39 is 0 Å². The maximum atomic E-state index is 7.07. The van der Waals surface area contributed by atoms with Crippen LogP contribution >= 0.6 is 0 Å². The molecule has 0 bridgehead atoms. The van der Waals surface area contributed by atoms with Crippen LogP contribution in [0.2, 0.25) is 0 Å². The Kier molecular flexibility index (Phi) is 2.90. The maximum absolute atomic E-state index is 7.07. The van der Waals surface area contributed by atoms with Crippen LogP contribution < -0.4 is 0 Å². The van der Waals surface area contributed by atoms with E-state index >= 15 is 0 Å². The highest BCUT2D eigenvalue weighted by molar-refractivity contribution is 6.37. The number of pyridine rings is 1. The van der Waals surface area contributed by atoms with E-state index in [1.807, 2.05) is 6.07 Å². The van der Waals surface area contributed by atoms with Crippen LogP contribution in [0.3, 0.4) is 0 Å². The molecule has 12 heavy (non-hydrogen) atoms. The minimum absolute atomic E-state index is 0.568. The molecule has 0 atom stereocenters. The number of rotatable bonds is 3. The summed E-state index contributed by atoms with van der Waals surface area (Å²) >= 11 is 0. The summed E-state index contributed by atoms with van der Waals surface area (Å²) in [5, 5.41) is 7.07. The van der Waals surface area contributed by atoms with E-state index in [0.29, 0.717) is 5.71 Å². The number of hydrogen-bond acceptors (Lipinski definition) is 3. The van der Waals surface area contributed by atoms with Gasteiger partial charge in [-0.3, -0.25) is 9.98 Å². The van der Waals surface area contributed by atoms with Gasteiger partial charge in [0.25, 0.3) is 0 Å². The molecule has 1 aromatic rings.